The molecule has 2 aromatic carbocycles. The number of aliphatic hydroxyl groups excluding tert-OH is 1. The van der Waals surface area contributed by atoms with Crippen molar-refractivity contribution in [2.24, 2.45) is 0 Å². The lowest BCUT2D eigenvalue weighted by Crippen LogP contribution is -2.28. The summed E-state index contributed by atoms with van der Waals surface area (Å²) < 4.78 is 0. The van der Waals surface area contributed by atoms with Crippen LogP contribution < -0.4 is 11.1 Å². The highest BCUT2D eigenvalue weighted by Gasteiger charge is 2.12. The van der Waals surface area contributed by atoms with Crippen molar-refractivity contribution >= 4 is 22.6 Å². The number of aliphatic hydroxyl groups is 1. The zero-order valence-electron chi connectivity index (χ0n) is 10.8. The van der Waals surface area contributed by atoms with E-state index in [1.165, 1.54) is 0 Å². The van der Waals surface area contributed by atoms with E-state index < -0.39 is 17.2 Å². The zero-order chi connectivity index (χ0) is 15.0. The van der Waals surface area contributed by atoms with Crippen LogP contribution in [0, 0.1) is 0 Å². The van der Waals surface area contributed by atoms with Gasteiger partial charge in [-0.1, -0.05) is 29.8 Å². The Bertz CT molecular complexity index is 930. The van der Waals surface area contributed by atoms with Crippen molar-refractivity contribution in [2.75, 3.05) is 0 Å². The van der Waals surface area contributed by atoms with Crippen LogP contribution in [0.2, 0.25) is 5.02 Å². The summed E-state index contributed by atoms with van der Waals surface area (Å²) in [6.45, 7) is 0. The van der Waals surface area contributed by atoms with Gasteiger partial charge in [-0.3, -0.25) is 9.59 Å². The fourth-order valence-corrected chi connectivity index (χ4v) is 2.37. The summed E-state index contributed by atoms with van der Waals surface area (Å²) in [5, 5.41) is 10.9. The summed E-state index contributed by atoms with van der Waals surface area (Å²) in [5.74, 6) is 0. The van der Waals surface area contributed by atoms with Crippen LogP contribution in [0.25, 0.3) is 11.0 Å². The first-order valence-electron chi connectivity index (χ1n) is 6.24. The first-order chi connectivity index (χ1) is 10.0. The highest BCUT2D eigenvalue weighted by molar-refractivity contribution is 6.30. The molecule has 5 nitrogen and oxygen atoms in total. The van der Waals surface area contributed by atoms with Gasteiger partial charge in [-0.2, -0.15) is 0 Å². The Balaban J connectivity index is 2.10. The fourth-order valence-electron chi connectivity index (χ4n) is 2.17. The van der Waals surface area contributed by atoms with Crippen molar-refractivity contribution in [3.63, 3.8) is 0 Å². The number of aromatic nitrogens is 2. The second kappa shape index (κ2) is 5.20. The Hall–Kier alpha value is -2.37. The third-order valence-electron chi connectivity index (χ3n) is 3.23. The molecule has 3 rings (SSSR count). The summed E-state index contributed by atoms with van der Waals surface area (Å²) in [4.78, 5) is 27.5. The molecule has 1 heterocycles. The van der Waals surface area contributed by atoms with Gasteiger partial charge in [-0.15, -0.1) is 0 Å². The summed E-state index contributed by atoms with van der Waals surface area (Å²) in [6, 6.07) is 11.8. The van der Waals surface area contributed by atoms with Crippen LogP contribution >= 0.6 is 11.6 Å². The highest BCUT2D eigenvalue weighted by Crippen LogP contribution is 2.25. The lowest BCUT2D eigenvalue weighted by Gasteiger charge is -2.12. The normalized spacial score (nSPS) is 12.5. The zero-order valence-corrected chi connectivity index (χ0v) is 11.5. The second-order valence-corrected chi connectivity index (χ2v) is 5.11. The smallest absolute Gasteiger partial charge is 0.314 e. The van der Waals surface area contributed by atoms with Gasteiger partial charge in [0.15, 0.2) is 0 Å². The lowest BCUT2D eigenvalue weighted by atomic mass is 10.0. The van der Waals surface area contributed by atoms with E-state index in [0.717, 1.165) is 0 Å². The average Bonchev–Trinajstić information content (AvgIpc) is 2.47. The van der Waals surface area contributed by atoms with E-state index in [1.807, 2.05) is 0 Å². The molecule has 21 heavy (non-hydrogen) atoms. The Kier molecular flexibility index (Phi) is 3.37. The third-order valence-corrected chi connectivity index (χ3v) is 3.46. The molecule has 3 aromatic rings. The summed E-state index contributed by atoms with van der Waals surface area (Å²) in [5.41, 5.74) is 0.767. The van der Waals surface area contributed by atoms with E-state index in [0.29, 0.717) is 27.2 Å². The minimum atomic E-state index is -0.872. The van der Waals surface area contributed by atoms with Crippen LogP contribution in [-0.4, -0.2) is 15.1 Å². The van der Waals surface area contributed by atoms with E-state index in [4.69, 9.17) is 11.6 Å². The van der Waals surface area contributed by atoms with Crippen LogP contribution in [0.1, 0.15) is 17.2 Å². The standard InChI is InChI=1S/C15H11ClN2O3/c16-10-3-1-2-8(6-10)13(19)9-4-5-11-12(7-9)18-15(21)14(20)17-11/h1-7,13,19H,(H,17,20)(H,18,21). The first kappa shape index (κ1) is 13.6. The molecule has 0 amide bonds. The second-order valence-electron chi connectivity index (χ2n) is 4.67. The monoisotopic (exact) mass is 302 g/mol. The molecular weight excluding hydrogens is 292 g/mol. The summed E-state index contributed by atoms with van der Waals surface area (Å²) in [7, 11) is 0. The topological polar surface area (TPSA) is 85.9 Å². The number of benzene rings is 2. The molecule has 0 aliphatic rings. The van der Waals surface area contributed by atoms with Crippen molar-refractivity contribution < 1.29 is 5.11 Å². The first-order valence-corrected chi connectivity index (χ1v) is 6.62. The van der Waals surface area contributed by atoms with Crippen molar-refractivity contribution in [3.05, 3.63) is 79.3 Å². The van der Waals surface area contributed by atoms with E-state index in [-0.39, 0.29) is 0 Å². The molecular formula is C15H11ClN2O3. The van der Waals surface area contributed by atoms with Crippen LogP contribution in [0.4, 0.5) is 0 Å². The van der Waals surface area contributed by atoms with Gasteiger partial charge in [0, 0.05) is 5.02 Å². The predicted molar refractivity (Wildman–Crippen MR) is 80.7 cm³/mol. The molecule has 0 saturated carbocycles. The van der Waals surface area contributed by atoms with Crippen LogP contribution in [-0.2, 0) is 0 Å². The number of hydrogen-bond donors (Lipinski definition) is 3. The number of fused-ring (bicyclic) bond motifs is 1. The van der Waals surface area contributed by atoms with Gasteiger partial charge in [-0.05, 0) is 35.4 Å². The van der Waals surface area contributed by atoms with Gasteiger partial charge in [-0.25, -0.2) is 0 Å². The van der Waals surface area contributed by atoms with Gasteiger partial charge >= 0.3 is 11.1 Å². The molecule has 0 spiro atoms. The number of hydrogen-bond acceptors (Lipinski definition) is 3. The molecule has 0 saturated heterocycles. The van der Waals surface area contributed by atoms with Crippen LogP contribution in [0.3, 0.4) is 0 Å². The highest BCUT2D eigenvalue weighted by atomic mass is 35.5. The van der Waals surface area contributed by atoms with Gasteiger partial charge in [0.2, 0.25) is 0 Å². The maximum Gasteiger partial charge on any atom is 0.314 e. The number of rotatable bonds is 2. The molecule has 0 aliphatic carbocycles. The molecule has 1 unspecified atom stereocenters. The summed E-state index contributed by atoms with van der Waals surface area (Å²) in [6.07, 6.45) is -0.872. The fraction of sp³-hybridized carbons (Fsp3) is 0.0667. The van der Waals surface area contributed by atoms with Gasteiger partial charge in [0.25, 0.3) is 0 Å². The molecule has 0 bridgehead atoms. The average molecular weight is 303 g/mol. The third kappa shape index (κ3) is 2.61. The van der Waals surface area contributed by atoms with Crippen molar-refractivity contribution in [1.29, 1.82) is 0 Å². The van der Waals surface area contributed by atoms with Crippen molar-refractivity contribution in [1.82, 2.24) is 9.97 Å². The molecule has 0 fully saturated rings. The van der Waals surface area contributed by atoms with Gasteiger partial charge in [0.1, 0.15) is 6.10 Å². The largest absolute Gasteiger partial charge is 0.384 e. The van der Waals surface area contributed by atoms with E-state index in [1.54, 1.807) is 42.5 Å². The number of nitrogens with one attached hydrogen (secondary N) is 2. The van der Waals surface area contributed by atoms with Gasteiger partial charge in [0.05, 0.1) is 11.0 Å². The molecule has 106 valence electrons. The van der Waals surface area contributed by atoms with Gasteiger partial charge < -0.3 is 15.1 Å². The number of H-pyrrole nitrogens is 2. The minimum Gasteiger partial charge on any atom is -0.384 e. The predicted octanol–water partition coefficient (Wildman–Crippen LogP) is 1.95. The molecule has 3 N–H and O–H groups in total. The SMILES string of the molecule is O=c1[nH]c2ccc(C(O)c3cccc(Cl)c3)cc2[nH]c1=O. The Labute approximate surface area is 123 Å². The lowest BCUT2D eigenvalue weighted by molar-refractivity contribution is 0.220. The number of halogens is 1. The minimum absolute atomic E-state index is 0.457. The Morgan fingerprint density at radius 2 is 1.57 bits per heavy atom. The molecule has 0 radical (unpaired) electrons. The number of aromatic amines is 2. The molecule has 1 atom stereocenters. The van der Waals surface area contributed by atoms with Crippen molar-refractivity contribution in [3.8, 4) is 0 Å². The van der Waals surface area contributed by atoms with Crippen LogP contribution in [0.15, 0.2) is 52.1 Å². The maximum absolute atomic E-state index is 11.3. The molecule has 1 aromatic heterocycles. The van der Waals surface area contributed by atoms with Crippen molar-refractivity contribution in [2.45, 2.75) is 6.10 Å². The van der Waals surface area contributed by atoms with Crippen LogP contribution in [0.5, 0.6) is 0 Å². The van der Waals surface area contributed by atoms with E-state index in [9.17, 15) is 14.7 Å². The van der Waals surface area contributed by atoms with E-state index in [2.05, 4.69) is 9.97 Å². The Morgan fingerprint density at radius 3 is 2.29 bits per heavy atom. The quantitative estimate of drug-likeness (QED) is 0.632. The summed E-state index contributed by atoms with van der Waals surface area (Å²) >= 11 is 5.91. The Morgan fingerprint density at radius 1 is 0.905 bits per heavy atom. The maximum atomic E-state index is 11.3. The molecule has 6 heteroatoms. The van der Waals surface area contributed by atoms with E-state index >= 15 is 0 Å². The molecule has 0 aliphatic heterocycles.